The molecule has 1 heterocycles. The molecule has 1 fully saturated rings. The molecular formula is C6H14NO6P. The number of nitrogens with one attached hydrogen (secondary N) is 1. The van der Waals surface area contributed by atoms with Crippen molar-refractivity contribution >= 4 is 14.2 Å². The molecule has 1 rings (SSSR count). The minimum atomic E-state index is -2.05. The van der Waals surface area contributed by atoms with Crippen molar-refractivity contribution < 1.29 is 28.6 Å². The van der Waals surface area contributed by atoms with Gasteiger partial charge in [0, 0.05) is 0 Å². The number of hydrogen-bond donors (Lipinski definition) is 3. The average Bonchev–Trinajstić information content (AvgIpc) is 1.98. The molecule has 0 saturated carbocycles. The first-order valence-electron chi connectivity index (χ1n) is 3.83. The number of hydrogen-bond acceptors (Lipinski definition) is 6. The molecule has 0 bridgehead atoms. The Morgan fingerprint density at radius 3 is 2.07 bits per heavy atom. The van der Waals surface area contributed by atoms with Crippen LogP contribution in [0.3, 0.4) is 0 Å². The molecule has 0 aromatic carbocycles. The van der Waals surface area contributed by atoms with Gasteiger partial charge in [0.25, 0.3) is 0 Å². The van der Waals surface area contributed by atoms with Crippen molar-refractivity contribution in [3.8, 4) is 0 Å². The van der Waals surface area contributed by atoms with E-state index in [1.165, 1.54) is 0 Å². The van der Waals surface area contributed by atoms with Gasteiger partial charge < -0.3 is 10.2 Å². The Morgan fingerprint density at radius 2 is 2.00 bits per heavy atom. The highest BCUT2D eigenvalue weighted by Gasteiger charge is 2.34. The molecule has 84 valence electrons. The Labute approximate surface area is 82.0 Å². The lowest BCUT2D eigenvalue weighted by Gasteiger charge is -2.32. The predicted octanol–water partition coefficient (Wildman–Crippen LogP) is -0.231. The summed E-state index contributed by atoms with van der Waals surface area (Å²) in [6.07, 6.45) is 0. The molecule has 0 amide bonds. The Bertz CT molecular complexity index is 208. The van der Waals surface area contributed by atoms with Crippen molar-refractivity contribution in [1.29, 1.82) is 0 Å². The summed E-state index contributed by atoms with van der Waals surface area (Å²) in [4.78, 5) is 9.58. The lowest BCUT2D eigenvalue weighted by molar-refractivity contribution is -0.157. The van der Waals surface area contributed by atoms with Gasteiger partial charge in [0.05, 0.1) is 13.3 Å². The van der Waals surface area contributed by atoms with E-state index in [1.807, 2.05) is 0 Å². The van der Waals surface area contributed by atoms with Crippen LogP contribution in [-0.2, 0) is 18.4 Å². The number of aliphatic hydroxyl groups excluding tert-OH is 1. The minimum absolute atomic E-state index is 0.184. The molecular weight excluding hydrogens is 213 g/mol. The molecule has 0 spiro atoms. The molecule has 1 aliphatic rings. The number of carboxylic acids is 1. The molecule has 8 heteroatoms. The van der Waals surface area contributed by atoms with E-state index in [4.69, 9.17) is 10.2 Å². The standard InChI is InChI=1S/C3H7NO3.C3H7O3P/c5-2-4-1-3(6)7;1-3(2)5-7(4)6-3/h4-5H,1-2H2,(H,6,7);7H,1-2H3. The van der Waals surface area contributed by atoms with Crippen molar-refractivity contribution in [2.75, 3.05) is 13.3 Å². The SMILES string of the molecule is CC1(C)O[PH](=O)O1.O=C(O)CNCO. The van der Waals surface area contributed by atoms with Gasteiger partial charge in [-0.25, -0.2) is 0 Å². The second-order valence-corrected chi connectivity index (χ2v) is 3.74. The second kappa shape index (κ2) is 6.10. The van der Waals surface area contributed by atoms with Gasteiger partial charge >= 0.3 is 14.2 Å². The van der Waals surface area contributed by atoms with E-state index in [0.717, 1.165) is 0 Å². The van der Waals surface area contributed by atoms with Crippen molar-refractivity contribution in [1.82, 2.24) is 5.32 Å². The Balaban J connectivity index is 0.000000241. The smallest absolute Gasteiger partial charge is 0.324 e. The van der Waals surface area contributed by atoms with Gasteiger partial charge in [-0.15, -0.1) is 0 Å². The van der Waals surface area contributed by atoms with Gasteiger partial charge in [0.2, 0.25) is 0 Å². The third kappa shape index (κ3) is 6.99. The fourth-order valence-corrected chi connectivity index (χ4v) is 1.39. The number of aliphatic hydroxyl groups is 1. The van der Waals surface area contributed by atoms with Gasteiger partial charge in [-0.3, -0.25) is 23.7 Å². The number of carbonyl (C=O) groups is 1. The highest BCUT2D eigenvalue weighted by molar-refractivity contribution is 7.34. The first-order chi connectivity index (χ1) is 6.37. The van der Waals surface area contributed by atoms with E-state index in [0.29, 0.717) is 0 Å². The van der Waals surface area contributed by atoms with Gasteiger partial charge in [-0.1, -0.05) is 0 Å². The highest BCUT2D eigenvalue weighted by Crippen LogP contribution is 2.46. The van der Waals surface area contributed by atoms with Crippen LogP contribution in [0.1, 0.15) is 13.8 Å². The van der Waals surface area contributed by atoms with Gasteiger partial charge in [-0.05, 0) is 13.8 Å². The molecule has 0 radical (unpaired) electrons. The maximum absolute atomic E-state index is 10.1. The Kier molecular flexibility index (Phi) is 5.90. The van der Waals surface area contributed by atoms with Crippen LogP contribution in [0.4, 0.5) is 0 Å². The maximum Gasteiger partial charge on any atom is 0.324 e. The van der Waals surface area contributed by atoms with Crippen LogP contribution in [-0.4, -0.2) is 35.2 Å². The fraction of sp³-hybridized carbons (Fsp3) is 0.833. The molecule has 0 atom stereocenters. The summed E-state index contributed by atoms with van der Waals surface area (Å²) in [5.74, 6) is -1.54. The summed E-state index contributed by atoms with van der Waals surface area (Å²) in [7, 11) is -2.05. The van der Waals surface area contributed by atoms with Crippen LogP contribution in [0, 0.1) is 0 Å². The van der Waals surface area contributed by atoms with Crippen molar-refractivity contribution in [3.63, 3.8) is 0 Å². The van der Waals surface area contributed by atoms with Gasteiger partial charge in [-0.2, -0.15) is 0 Å². The molecule has 0 aliphatic carbocycles. The lowest BCUT2D eigenvalue weighted by Crippen LogP contribution is -2.30. The molecule has 0 aromatic heterocycles. The third-order valence-corrected chi connectivity index (χ3v) is 2.36. The molecule has 14 heavy (non-hydrogen) atoms. The average molecular weight is 227 g/mol. The quantitative estimate of drug-likeness (QED) is 0.451. The van der Waals surface area contributed by atoms with E-state index in [1.54, 1.807) is 13.8 Å². The van der Waals surface area contributed by atoms with Crippen LogP contribution in [0.5, 0.6) is 0 Å². The van der Waals surface area contributed by atoms with Gasteiger partial charge in [0.15, 0.2) is 5.79 Å². The summed E-state index contributed by atoms with van der Waals surface area (Å²) in [5.41, 5.74) is 0. The van der Waals surface area contributed by atoms with Gasteiger partial charge in [0.1, 0.15) is 0 Å². The fourth-order valence-electron chi connectivity index (χ4n) is 0.572. The first kappa shape index (κ1) is 13.5. The van der Waals surface area contributed by atoms with E-state index < -0.39 is 20.0 Å². The topological polar surface area (TPSA) is 105 Å². The summed E-state index contributed by atoms with van der Waals surface area (Å²) in [6, 6.07) is 0. The molecule has 7 nitrogen and oxygen atoms in total. The Morgan fingerprint density at radius 1 is 1.50 bits per heavy atom. The Hall–Kier alpha value is -0.460. The zero-order chi connectivity index (χ0) is 11.2. The number of rotatable bonds is 3. The van der Waals surface area contributed by atoms with Crippen LogP contribution in [0.15, 0.2) is 0 Å². The second-order valence-electron chi connectivity index (χ2n) is 2.83. The highest BCUT2D eigenvalue weighted by atomic mass is 31.1. The monoisotopic (exact) mass is 227 g/mol. The zero-order valence-corrected chi connectivity index (χ0v) is 8.94. The number of aliphatic carboxylic acids is 1. The van der Waals surface area contributed by atoms with E-state index in [-0.39, 0.29) is 13.3 Å². The summed E-state index contributed by atoms with van der Waals surface area (Å²) < 4.78 is 19.4. The van der Waals surface area contributed by atoms with E-state index >= 15 is 0 Å². The maximum atomic E-state index is 10.1. The zero-order valence-electron chi connectivity index (χ0n) is 7.94. The molecule has 0 aromatic rings. The summed E-state index contributed by atoms with van der Waals surface area (Å²) >= 11 is 0. The normalized spacial score (nSPS) is 19.1. The minimum Gasteiger partial charge on any atom is -0.480 e. The largest absolute Gasteiger partial charge is 0.480 e. The van der Waals surface area contributed by atoms with Crippen LogP contribution >= 0.6 is 8.25 Å². The summed E-state index contributed by atoms with van der Waals surface area (Å²) in [6.45, 7) is 2.97. The molecule has 1 aliphatic heterocycles. The van der Waals surface area contributed by atoms with Crippen molar-refractivity contribution in [2.45, 2.75) is 19.6 Å². The predicted molar refractivity (Wildman–Crippen MR) is 48.0 cm³/mol. The van der Waals surface area contributed by atoms with Crippen LogP contribution in [0.2, 0.25) is 0 Å². The first-order valence-corrected chi connectivity index (χ1v) is 5.05. The molecule has 1 saturated heterocycles. The summed E-state index contributed by atoms with van der Waals surface area (Å²) in [5, 5.41) is 18.0. The van der Waals surface area contributed by atoms with Crippen LogP contribution in [0.25, 0.3) is 0 Å². The third-order valence-electron chi connectivity index (χ3n) is 1.05. The van der Waals surface area contributed by atoms with Crippen molar-refractivity contribution in [2.24, 2.45) is 0 Å². The van der Waals surface area contributed by atoms with E-state index in [9.17, 15) is 9.36 Å². The number of carboxylic acid groups (broad SMARTS) is 1. The van der Waals surface area contributed by atoms with E-state index in [2.05, 4.69) is 14.4 Å². The lowest BCUT2D eigenvalue weighted by atomic mass is 10.4. The molecule has 0 unspecified atom stereocenters. The molecule has 3 N–H and O–H groups in total. The van der Waals surface area contributed by atoms with Crippen LogP contribution < -0.4 is 5.32 Å². The van der Waals surface area contributed by atoms with Crippen molar-refractivity contribution in [3.05, 3.63) is 0 Å².